The van der Waals surface area contributed by atoms with Crippen LogP contribution in [-0.2, 0) is 47.5 Å². The summed E-state index contributed by atoms with van der Waals surface area (Å²) in [5.74, 6) is -1.60. The maximum atomic E-state index is 12.4. The van der Waals surface area contributed by atoms with Crippen molar-refractivity contribution >= 4 is 11.8 Å². The third kappa shape index (κ3) is 11.8. The standard InChI is InChI=1S/C34H60N2O25/c1-9-19(46)25(52)26(53)33(54-9)61-30-29(60-31-17(35-10(2)42)23(50)21(48)14(6-39)55-31)22(49)15(7-40)56-34(30)59-28-16(8-41)57-32(18(24(28)51)36-11(3)43)58-27(13(45)5-38)20(47)12(44)4-37/h9,12-34,37-41,44-53H,4-8H2,1-3H3,(H,35,42)(H,36,43)/t9-,12+,13-,14+,15+,16+,17+,18+,19+,20-,21-,22-,23+,24+,25+,26-,27+,28+,29-,30+,31+,32-,33-,34-/m0/s1. The summed E-state index contributed by atoms with van der Waals surface area (Å²) in [7, 11) is 0. The number of ether oxygens (including phenoxy) is 8. The van der Waals surface area contributed by atoms with Gasteiger partial charge in [0.1, 0.15) is 116 Å². The molecular weight excluding hydrogens is 836 g/mol. The average molecular weight is 897 g/mol. The molecule has 0 aliphatic carbocycles. The van der Waals surface area contributed by atoms with Crippen LogP contribution < -0.4 is 10.6 Å². The van der Waals surface area contributed by atoms with Crippen molar-refractivity contribution in [2.45, 2.75) is 168 Å². The van der Waals surface area contributed by atoms with Gasteiger partial charge in [-0.15, -0.1) is 0 Å². The second-order valence-corrected chi connectivity index (χ2v) is 15.2. The summed E-state index contributed by atoms with van der Waals surface area (Å²) >= 11 is 0. The van der Waals surface area contributed by atoms with Crippen molar-refractivity contribution in [3.05, 3.63) is 0 Å². The second-order valence-electron chi connectivity index (χ2n) is 15.2. The second kappa shape index (κ2) is 22.8. The van der Waals surface area contributed by atoms with Gasteiger partial charge in [0.05, 0.1) is 39.1 Å². The molecule has 4 fully saturated rings. The van der Waals surface area contributed by atoms with Gasteiger partial charge in [0.25, 0.3) is 0 Å². The van der Waals surface area contributed by atoms with Crippen molar-refractivity contribution in [1.29, 1.82) is 0 Å². The van der Waals surface area contributed by atoms with Gasteiger partial charge < -0.3 is 125 Å². The van der Waals surface area contributed by atoms with Crippen LogP contribution in [0.1, 0.15) is 20.8 Å². The summed E-state index contributed by atoms with van der Waals surface area (Å²) in [5, 5.41) is 162. The van der Waals surface area contributed by atoms with Gasteiger partial charge in [-0.25, -0.2) is 0 Å². The number of aliphatic hydroxyl groups excluding tert-OH is 15. The molecule has 356 valence electrons. The first kappa shape index (κ1) is 51.7. The third-order valence-electron chi connectivity index (χ3n) is 10.7. The molecule has 4 aliphatic rings. The van der Waals surface area contributed by atoms with E-state index in [0.29, 0.717) is 0 Å². The Bertz CT molecular complexity index is 1380. The molecule has 0 unspecified atom stereocenters. The Labute approximate surface area is 347 Å². The van der Waals surface area contributed by atoms with Gasteiger partial charge in [-0.2, -0.15) is 0 Å². The van der Waals surface area contributed by atoms with Crippen molar-refractivity contribution in [3.63, 3.8) is 0 Å². The number of nitrogens with one attached hydrogen (secondary N) is 2. The molecule has 4 heterocycles. The number of hydrogen-bond donors (Lipinski definition) is 17. The van der Waals surface area contributed by atoms with E-state index in [2.05, 4.69) is 10.6 Å². The molecule has 61 heavy (non-hydrogen) atoms. The predicted octanol–water partition coefficient (Wildman–Crippen LogP) is -11.0. The summed E-state index contributed by atoms with van der Waals surface area (Å²) in [4.78, 5) is 24.6. The van der Waals surface area contributed by atoms with Crippen molar-refractivity contribution in [3.8, 4) is 0 Å². The van der Waals surface area contributed by atoms with Crippen LogP contribution in [0.2, 0.25) is 0 Å². The molecule has 0 aromatic carbocycles. The topological polar surface area (TPSA) is 435 Å². The Morgan fingerprint density at radius 1 is 0.525 bits per heavy atom. The fraction of sp³-hybridized carbons (Fsp3) is 0.941. The van der Waals surface area contributed by atoms with E-state index in [9.17, 15) is 86.2 Å². The number of aliphatic hydroxyl groups is 15. The third-order valence-corrected chi connectivity index (χ3v) is 10.7. The van der Waals surface area contributed by atoms with Crippen molar-refractivity contribution in [2.75, 3.05) is 33.0 Å². The fourth-order valence-electron chi connectivity index (χ4n) is 7.35. The van der Waals surface area contributed by atoms with Crippen LogP contribution in [0, 0.1) is 0 Å². The summed E-state index contributed by atoms with van der Waals surface area (Å²) in [6.07, 6.45) is -41.1. The Kier molecular flexibility index (Phi) is 19.3. The zero-order valence-electron chi connectivity index (χ0n) is 33.2. The zero-order chi connectivity index (χ0) is 45.6. The van der Waals surface area contributed by atoms with Gasteiger partial charge >= 0.3 is 0 Å². The van der Waals surface area contributed by atoms with E-state index in [1.807, 2.05) is 0 Å². The number of rotatable bonds is 18. The SMILES string of the molecule is CC(=O)N[C@H]1[C@H](O[C@@H]([C@@H](O)[C@H](O)CO)[C@@H](O)CO)O[C@H](CO)[C@@H](O[C@@H]2O[C@H](CO)[C@H](O)[C@H](O[C@H]3O[C@H](CO)[C@H](O)[C@H](O)[C@H]3NC(C)=O)[C@H]2O[C@@H]2O[C@@H](C)[C@@H](O)[C@@H](O)[C@@H]2O)[C@@H]1O. The molecule has 0 aromatic rings. The van der Waals surface area contributed by atoms with Crippen LogP contribution in [0.3, 0.4) is 0 Å². The minimum atomic E-state index is -2.10. The Morgan fingerprint density at radius 2 is 1.02 bits per heavy atom. The van der Waals surface area contributed by atoms with E-state index in [1.54, 1.807) is 0 Å². The summed E-state index contributed by atoms with van der Waals surface area (Å²) in [5.41, 5.74) is 0. The maximum absolute atomic E-state index is 12.4. The summed E-state index contributed by atoms with van der Waals surface area (Å²) in [6, 6.07) is -3.39. The molecule has 0 saturated carbocycles. The van der Waals surface area contributed by atoms with Crippen LogP contribution >= 0.6 is 0 Å². The zero-order valence-corrected chi connectivity index (χ0v) is 33.2. The monoisotopic (exact) mass is 896 g/mol. The lowest BCUT2D eigenvalue weighted by Gasteiger charge is -2.51. The average Bonchev–Trinajstić information content (AvgIpc) is 3.23. The van der Waals surface area contributed by atoms with E-state index in [0.717, 1.165) is 13.8 Å². The normalized spacial score (nSPS) is 44.1. The molecule has 17 N–H and O–H groups in total. The predicted molar refractivity (Wildman–Crippen MR) is 191 cm³/mol. The van der Waals surface area contributed by atoms with Gasteiger partial charge in [0.2, 0.25) is 11.8 Å². The Balaban J connectivity index is 1.77. The molecule has 4 aliphatic heterocycles. The van der Waals surface area contributed by atoms with Gasteiger partial charge in [0.15, 0.2) is 25.2 Å². The lowest BCUT2D eigenvalue weighted by atomic mass is 9.94. The molecule has 4 rings (SSSR count). The smallest absolute Gasteiger partial charge is 0.217 e. The number of carbonyl (C=O) groups excluding carboxylic acids is 2. The maximum Gasteiger partial charge on any atom is 0.217 e. The molecule has 0 spiro atoms. The highest BCUT2D eigenvalue weighted by molar-refractivity contribution is 5.73. The number of hydrogen-bond acceptors (Lipinski definition) is 25. The van der Waals surface area contributed by atoms with E-state index < -0.39 is 192 Å². The van der Waals surface area contributed by atoms with Crippen molar-refractivity contribution < 1.29 is 124 Å². The fourth-order valence-corrected chi connectivity index (χ4v) is 7.35. The molecule has 4 saturated heterocycles. The molecule has 24 atom stereocenters. The first-order valence-corrected chi connectivity index (χ1v) is 19.4. The van der Waals surface area contributed by atoms with E-state index in [4.69, 9.17) is 37.9 Å². The van der Waals surface area contributed by atoms with Gasteiger partial charge in [-0.1, -0.05) is 0 Å². The molecule has 27 nitrogen and oxygen atoms in total. The molecule has 2 amide bonds. The Morgan fingerprint density at radius 3 is 1.56 bits per heavy atom. The van der Waals surface area contributed by atoms with Crippen LogP contribution in [0.4, 0.5) is 0 Å². The highest BCUT2D eigenvalue weighted by atomic mass is 16.8. The van der Waals surface area contributed by atoms with E-state index in [-0.39, 0.29) is 0 Å². The largest absolute Gasteiger partial charge is 0.394 e. The minimum absolute atomic E-state index is 0.764. The molecule has 0 radical (unpaired) electrons. The highest BCUT2D eigenvalue weighted by Gasteiger charge is 2.57. The van der Waals surface area contributed by atoms with Crippen molar-refractivity contribution in [2.24, 2.45) is 0 Å². The van der Waals surface area contributed by atoms with Crippen LogP contribution in [-0.4, -0.2) is 269 Å². The van der Waals surface area contributed by atoms with Crippen LogP contribution in [0.15, 0.2) is 0 Å². The van der Waals surface area contributed by atoms with Gasteiger partial charge in [0, 0.05) is 13.8 Å². The Hall–Kier alpha value is -1.98. The lowest BCUT2D eigenvalue weighted by molar-refractivity contribution is -0.399. The number of amides is 2. The molecule has 27 heteroatoms. The van der Waals surface area contributed by atoms with Crippen LogP contribution in [0.5, 0.6) is 0 Å². The molecular formula is C34H60N2O25. The lowest BCUT2D eigenvalue weighted by Crippen LogP contribution is -2.70. The van der Waals surface area contributed by atoms with Crippen LogP contribution in [0.25, 0.3) is 0 Å². The highest BCUT2D eigenvalue weighted by Crippen LogP contribution is 2.36. The van der Waals surface area contributed by atoms with E-state index in [1.165, 1.54) is 6.92 Å². The molecule has 0 aromatic heterocycles. The van der Waals surface area contributed by atoms with Gasteiger partial charge in [-0.05, 0) is 6.92 Å². The van der Waals surface area contributed by atoms with Gasteiger partial charge in [-0.3, -0.25) is 9.59 Å². The first-order valence-electron chi connectivity index (χ1n) is 19.4. The van der Waals surface area contributed by atoms with E-state index >= 15 is 0 Å². The minimum Gasteiger partial charge on any atom is -0.394 e. The first-order chi connectivity index (χ1) is 28.7. The molecule has 0 bridgehead atoms. The quantitative estimate of drug-likeness (QED) is 0.0607. The van der Waals surface area contributed by atoms with Crippen molar-refractivity contribution in [1.82, 2.24) is 10.6 Å². The number of carbonyl (C=O) groups is 2. The summed E-state index contributed by atoms with van der Waals surface area (Å²) < 4.78 is 46.8. The summed E-state index contributed by atoms with van der Waals surface area (Å²) in [6.45, 7) is -1.69.